The maximum Gasteiger partial charge on any atom is 0.256 e. The lowest BCUT2D eigenvalue weighted by Crippen LogP contribution is -2.19. The number of nitrogen functional groups attached to an aromatic ring is 1. The first kappa shape index (κ1) is 13.7. The zero-order valence-electron chi connectivity index (χ0n) is 11.0. The van der Waals surface area contributed by atoms with E-state index in [0.717, 1.165) is 23.6 Å². The highest BCUT2D eigenvalue weighted by atomic mass is 32.2. The molecule has 0 saturated heterocycles. The molecule has 2 heterocycles. The van der Waals surface area contributed by atoms with Gasteiger partial charge in [0.1, 0.15) is 5.76 Å². The first-order valence-corrected chi connectivity index (χ1v) is 7.07. The Balaban J connectivity index is 1.84. The highest BCUT2D eigenvalue weighted by molar-refractivity contribution is 7.99. The van der Waals surface area contributed by atoms with Gasteiger partial charge in [0.05, 0.1) is 5.69 Å². The van der Waals surface area contributed by atoms with E-state index in [1.54, 1.807) is 28.6 Å². The minimum atomic E-state index is -0.0259. The van der Waals surface area contributed by atoms with E-state index in [2.05, 4.69) is 4.98 Å². The fourth-order valence-corrected chi connectivity index (χ4v) is 2.46. The van der Waals surface area contributed by atoms with Crippen LogP contribution in [0, 0.1) is 13.8 Å². The van der Waals surface area contributed by atoms with Crippen LogP contribution in [0.3, 0.4) is 0 Å². The second-order valence-electron chi connectivity index (χ2n) is 4.32. The Morgan fingerprint density at radius 3 is 2.89 bits per heavy atom. The molecule has 0 aliphatic carbocycles. The van der Waals surface area contributed by atoms with Crippen molar-refractivity contribution in [2.24, 2.45) is 0 Å². The van der Waals surface area contributed by atoms with Gasteiger partial charge in [0, 0.05) is 30.2 Å². The molecule has 2 N–H and O–H groups in total. The van der Waals surface area contributed by atoms with Crippen LogP contribution >= 0.6 is 11.8 Å². The van der Waals surface area contributed by atoms with Gasteiger partial charge in [-0.05, 0) is 26.3 Å². The number of nitrogens with zero attached hydrogens (tertiary/aromatic N) is 2. The normalized spacial score (nSPS) is 10.8. The highest BCUT2D eigenvalue weighted by Gasteiger charge is 2.05. The smallest absolute Gasteiger partial charge is 0.256 e. The molecule has 0 aliphatic rings. The van der Waals surface area contributed by atoms with Crippen molar-refractivity contribution in [1.82, 2.24) is 9.55 Å². The van der Waals surface area contributed by atoms with Gasteiger partial charge < -0.3 is 14.7 Å². The third-order valence-electron chi connectivity index (χ3n) is 2.78. The molecule has 2 aromatic heterocycles. The second-order valence-corrected chi connectivity index (χ2v) is 5.36. The highest BCUT2D eigenvalue weighted by Crippen LogP contribution is 2.20. The van der Waals surface area contributed by atoms with Crippen LogP contribution in [-0.4, -0.2) is 15.3 Å². The van der Waals surface area contributed by atoms with E-state index in [1.165, 1.54) is 6.07 Å². The minimum Gasteiger partial charge on any atom is -0.437 e. The van der Waals surface area contributed by atoms with Crippen molar-refractivity contribution in [2.45, 2.75) is 32.0 Å². The molecule has 102 valence electrons. The summed E-state index contributed by atoms with van der Waals surface area (Å²) in [4.78, 5) is 15.8. The van der Waals surface area contributed by atoms with E-state index < -0.39 is 0 Å². The SMILES string of the molecule is Cc1nc(SCCCn2cc(N)ccc2=O)oc1C. The molecule has 0 amide bonds. The van der Waals surface area contributed by atoms with Gasteiger partial charge in [-0.15, -0.1) is 0 Å². The summed E-state index contributed by atoms with van der Waals surface area (Å²) in [5.74, 6) is 1.70. The Kier molecular flexibility index (Phi) is 4.31. The Morgan fingerprint density at radius 1 is 1.42 bits per heavy atom. The quantitative estimate of drug-likeness (QED) is 0.671. The summed E-state index contributed by atoms with van der Waals surface area (Å²) in [7, 11) is 0. The molecule has 0 bridgehead atoms. The van der Waals surface area contributed by atoms with Crippen LogP contribution in [0.4, 0.5) is 5.69 Å². The minimum absolute atomic E-state index is 0.0259. The molecule has 19 heavy (non-hydrogen) atoms. The molecule has 5 nitrogen and oxygen atoms in total. The maximum absolute atomic E-state index is 11.6. The van der Waals surface area contributed by atoms with Crippen molar-refractivity contribution in [3.8, 4) is 0 Å². The molecular formula is C13H17N3O2S. The number of aromatic nitrogens is 2. The number of hydrogen-bond donors (Lipinski definition) is 1. The average molecular weight is 279 g/mol. The number of anilines is 1. The fraction of sp³-hybridized carbons (Fsp3) is 0.385. The lowest BCUT2D eigenvalue weighted by Gasteiger charge is -2.05. The lowest BCUT2D eigenvalue weighted by atomic mass is 10.4. The van der Waals surface area contributed by atoms with Gasteiger partial charge >= 0.3 is 0 Å². The standard InChI is InChI=1S/C13H17N3O2S/c1-9-10(2)18-13(15-9)19-7-3-6-16-8-11(14)4-5-12(16)17/h4-5,8H,3,6-7,14H2,1-2H3. The van der Waals surface area contributed by atoms with Crippen LogP contribution in [0.25, 0.3) is 0 Å². The van der Waals surface area contributed by atoms with Gasteiger partial charge in [-0.1, -0.05) is 11.8 Å². The van der Waals surface area contributed by atoms with Gasteiger partial charge in [0.15, 0.2) is 0 Å². The monoisotopic (exact) mass is 279 g/mol. The van der Waals surface area contributed by atoms with Crippen LogP contribution < -0.4 is 11.3 Å². The average Bonchev–Trinajstić information content (AvgIpc) is 2.68. The van der Waals surface area contributed by atoms with Crippen molar-refractivity contribution in [1.29, 1.82) is 0 Å². The van der Waals surface area contributed by atoms with E-state index in [-0.39, 0.29) is 5.56 Å². The van der Waals surface area contributed by atoms with Gasteiger partial charge in [-0.3, -0.25) is 4.79 Å². The molecule has 0 saturated carbocycles. The van der Waals surface area contributed by atoms with Crippen molar-refractivity contribution in [2.75, 3.05) is 11.5 Å². The summed E-state index contributed by atoms with van der Waals surface area (Å²) in [6.07, 6.45) is 2.53. The van der Waals surface area contributed by atoms with Crippen LogP contribution in [-0.2, 0) is 6.54 Å². The zero-order chi connectivity index (χ0) is 13.8. The third-order valence-corrected chi connectivity index (χ3v) is 3.70. The number of nitrogens with two attached hydrogens (primary N) is 1. The van der Waals surface area contributed by atoms with E-state index >= 15 is 0 Å². The van der Waals surface area contributed by atoms with E-state index in [9.17, 15) is 4.79 Å². The summed E-state index contributed by atoms with van der Waals surface area (Å²) in [6.45, 7) is 4.48. The van der Waals surface area contributed by atoms with Crippen molar-refractivity contribution in [3.05, 3.63) is 40.1 Å². The molecule has 0 atom stereocenters. The summed E-state index contributed by atoms with van der Waals surface area (Å²) in [6, 6.07) is 3.11. The molecule has 0 spiro atoms. The maximum atomic E-state index is 11.6. The van der Waals surface area contributed by atoms with E-state index in [0.29, 0.717) is 17.5 Å². The number of pyridine rings is 1. The van der Waals surface area contributed by atoms with Gasteiger partial charge in [0.2, 0.25) is 0 Å². The van der Waals surface area contributed by atoms with Crippen LogP contribution in [0.2, 0.25) is 0 Å². The predicted octanol–water partition coefficient (Wildman–Crippen LogP) is 2.22. The van der Waals surface area contributed by atoms with Gasteiger partial charge in [0.25, 0.3) is 10.8 Å². The van der Waals surface area contributed by atoms with Crippen molar-refractivity contribution in [3.63, 3.8) is 0 Å². The lowest BCUT2D eigenvalue weighted by molar-refractivity contribution is 0.431. The molecule has 0 unspecified atom stereocenters. The molecular weight excluding hydrogens is 262 g/mol. The van der Waals surface area contributed by atoms with Crippen molar-refractivity contribution < 1.29 is 4.42 Å². The topological polar surface area (TPSA) is 74.1 Å². The summed E-state index contributed by atoms with van der Waals surface area (Å²) >= 11 is 1.56. The van der Waals surface area contributed by atoms with E-state index in [1.807, 2.05) is 13.8 Å². The molecule has 2 aromatic rings. The largest absolute Gasteiger partial charge is 0.437 e. The Labute approximate surface area is 115 Å². The Morgan fingerprint density at radius 2 is 2.21 bits per heavy atom. The van der Waals surface area contributed by atoms with Crippen molar-refractivity contribution >= 4 is 17.4 Å². The predicted molar refractivity (Wildman–Crippen MR) is 76.4 cm³/mol. The number of thioether (sulfide) groups is 1. The zero-order valence-corrected chi connectivity index (χ0v) is 11.9. The third kappa shape index (κ3) is 3.64. The van der Waals surface area contributed by atoms with Gasteiger partial charge in [-0.25, -0.2) is 4.98 Å². The van der Waals surface area contributed by atoms with Crippen LogP contribution in [0.15, 0.2) is 32.8 Å². The number of rotatable bonds is 5. The number of hydrogen-bond acceptors (Lipinski definition) is 5. The first-order valence-electron chi connectivity index (χ1n) is 6.09. The second kappa shape index (κ2) is 5.97. The summed E-state index contributed by atoms with van der Waals surface area (Å²) in [5, 5.41) is 0.690. The Bertz CT molecular complexity index is 599. The molecule has 2 rings (SSSR count). The summed E-state index contributed by atoms with van der Waals surface area (Å²) < 4.78 is 7.10. The number of oxazole rings is 1. The summed E-state index contributed by atoms with van der Waals surface area (Å²) in [5.41, 5.74) is 7.15. The van der Waals surface area contributed by atoms with Crippen LogP contribution in [0.5, 0.6) is 0 Å². The molecule has 0 radical (unpaired) electrons. The molecule has 6 heteroatoms. The molecule has 0 fully saturated rings. The Hall–Kier alpha value is -1.69. The van der Waals surface area contributed by atoms with Gasteiger partial charge in [-0.2, -0.15) is 0 Å². The van der Waals surface area contributed by atoms with E-state index in [4.69, 9.17) is 10.2 Å². The number of aryl methyl sites for hydroxylation is 3. The fourth-order valence-electron chi connectivity index (χ4n) is 1.62. The molecule has 0 aliphatic heterocycles. The molecule has 0 aromatic carbocycles. The van der Waals surface area contributed by atoms with Crippen LogP contribution in [0.1, 0.15) is 17.9 Å². The first-order chi connectivity index (χ1) is 9.06.